The number of hydrogen-bond acceptors (Lipinski definition) is 3. The first-order valence-electron chi connectivity index (χ1n) is 11.1. The number of rotatable bonds is 9. The first-order valence-corrected chi connectivity index (χ1v) is 11.1. The van der Waals surface area contributed by atoms with Gasteiger partial charge in [-0.1, -0.05) is 31.4 Å². The van der Waals surface area contributed by atoms with Crippen LogP contribution < -0.4 is 16.0 Å². The lowest BCUT2D eigenvalue weighted by atomic mass is 9.89. The number of hydrogen-bond donors (Lipinski definition) is 3. The molecule has 2 amide bonds. The van der Waals surface area contributed by atoms with Crippen LogP contribution >= 0.6 is 24.0 Å². The van der Waals surface area contributed by atoms with E-state index < -0.39 is 0 Å². The van der Waals surface area contributed by atoms with Crippen molar-refractivity contribution < 1.29 is 9.59 Å². The molecule has 1 saturated carbocycles. The van der Waals surface area contributed by atoms with Gasteiger partial charge in [0.05, 0.1) is 0 Å². The van der Waals surface area contributed by atoms with Crippen LogP contribution in [-0.4, -0.2) is 62.9 Å². The standard InChI is InChI=1S/C23H37N5O2.HI/c1-4-24-23(27-16-15-25-21(29)19-10-6-5-7-11-19)26-14-13-18-9-8-12-20(17-18)22(30)28(2)3;/h8-9,12,17,19H,4-7,10-11,13-16H2,1-3H3,(H,25,29)(H2,24,26,27);1H. The van der Waals surface area contributed by atoms with Gasteiger partial charge in [-0.2, -0.15) is 0 Å². The highest BCUT2D eigenvalue weighted by Gasteiger charge is 2.20. The summed E-state index contributed by atoms with van der Waals surface area (Å²) in [6.07, 6.45) is 6.38. The lowest BCUT2D eigenvalue weighted by Crippen LogP contribution is -2.42. The van der Waals surface area contributed by atoms with Crippen LogP contribution in [-0.2, 0) is 11.2 Å². The Labute approximate surface area is 203 Å². The van der Waals surface area contributed by atoms with Crippen molar-refractivity contribution in [2.75, 3.05) is 40.3 Å². The molecular formula is C23H38IN5O2. The Morgan fingerprint density at radius 3 is 2.45 bits per heavy atom. The van der Waals surface area contributed by atoms with Crippen molar-refractivity contribution in [1.29, 1.82) is 0 Å². The summed E-state index contributed by atoms with van der Waals surface area (Å²) >= 11 is 0. The maximum atomic E-state index is 12.2. The molecule has 3 N–H and O–H groups in total. The summed E-state index contributed by atoms with van der Waals surface area (Å²) in [6, 6.07) is 7.69. The van der Waals surface area contributed by atoms with E-state index in [1.165, 1.54) is 19.3 Å². The molecule has 0 bridgehead atoms. The van der Waals surface area contributed by atoms with Crippen LogP contribution in [0.1, 0.15) is 54.9 Å². The van der Waals surface area contributed by atoms with Crippen molar-refractivity contribution in [2.24, 2.45) is 10.9 Å². The minimum absolute atomic E-state index is 0. The molecule has 1 aromatic carbocycles. The molecule has 31 heavy (non-hydrogen) atoms. The van der Waals surface area contributed by atoms with E-state index >= 15 is 0 Å². The van der Waals surface area contributed by atoms with Crippen LogP contribution in [0, 0.1) is 5.92 Å². The third-order valence-electron chi connectivity index (χ3n) is 5.29. The number of halogens is 1. The number of nitrogens with one attached hydrogen (secondary N) is 3. The summed E-state index contributed by atoms with van der Waals surface area (Å²) in [6.45, 7) is 4.64. The van der Waals surface area contributed by atoms with Crippen LogP contribution in [0.15, 0.2) is 29.3 Å². The quantitative estimate of drug-likeness (QED) is 0.194. The van der Waals surface area contributed by atoms with E-state index in [-0.39, 0.29) is 41.7 Å². The van der Waals surface area contributed by atoms with E-state index in [0.29, 0.717) is 25.2 Å². The zero-order valence-corrected chi connectivity index (χ0v) is 21.4. The topological polar surface area (TPSA) is 85.8 Å². The Balaban J connectivity index is 0.00000480. The smallest absolute Gasteiger partial charge is 0.253 e. The van der Waals surface area contributed by atoms with Gasteiger partial charge in [-0.25, -0.2) is 0 Å². The van der Waals surface area contributed by atoms with Gasteiger partial charge in [0.15, 0.2) is 5.96 Å². The number of carbonyl (C=O) groups excluding carboxylic acids is 2. The van der Waals surface area contributed by atoms with Crippen LogP contribution in [0.5, 0.6) is 0 Å². The molecular weight excluding hydrogens is 505 g/mol. The molecule has 0 atom stereocenters. The molecule has 1 aromatic rings. The molecule has 0 spiro atoms. The Bertz CT molecular complexity index is 718. The van der Waals surface area contributed by atoms with Gasteiger partial charge in [0.25, 0.3) is 5.91 Å². The van der Waals surface area contributed by atoms with Crippen molar-refractivity contribution in [3.05, 3.63) is 35.4 Å². The molecule has 1 aliphatic rings. The molecule has 0 saturated heterocycles. The molecule has 2 rings (SSSR count). The minimum atomic E-state index is 0. The van der Waals surface area contributed by atoms with Gasteiger partial charge < -0.3 is 20.9 Å². The molecule has 1 aliphatic carbocycles. The third-order valence-corrected chi connectivity index (χ3v) is 5.29. The normalized spacial score (nSPS) is 14.4. The summed E-state index contributed by atoms with van der Waals surface area (Å²) in [5.41, 5.74) is 1.78. The van der Waals surface area contributed by atoms with Gasteiger partial charge in [0.1, 0.15) is 0 Å². The Kier molecular flexibility index (Phi) is 13.2. The maximum absolute atomic E-state index is 12.2. The third kappa shape index (κ3) is 9.88. The Morgan fingerprint density at radius 1 is 1.06 bits per heavy atom. The molecule has 0 aliphatic heterocycles. The van der Waals surface area contributed by atoms with E-state index in [1.54, 1.807) is 19.0 Å². The fourth-order valence-corrected chi connectivity index (χ4v) is 3.63. The number of carbonyl (C=O) groups is 2. The van der Waals surface area contributed by atoms with Crippen LogP contribution in [0.2, 0.25) is 0 Å². The number of nitrogens with zero attached hydrogens (tertiary/aromatic N) is 2. The lowest BCUT2D eigenvalue weighted by Gasteiger charge is -2.21. The first-order chi connectivity index (χ1) is 14.5. The van der Waals surface area contributed by atoms with Gasteiger partial charge >= 0.3 is 0 Å². The highest BCUT2D eigenvalue weighted by Crippen LogP contribution is 2.23. The highest BCUT2D eigenvalue weighted by molar-refractivity contribution is 14.0. The second-order valence-electron chi connectivity index (χ2n) is 7.96. The summed E-state index contributed by atoms with van der Waals surface area (Å²) in [5, 5.41) is 9.54. The largest absolute Gasteiger partial charge is 0.357 e. The molecule has 0 aromatic heterocycles. The number of guanidine groups is 1. The highest BCUT2D eigenvalue weighted by atomic mass is 127. The van der Waals surface area contributed by atoms with Gasteiger partial charge in [-0.15, -0.1) is 24.0 Å². The van der Waals surface area contributed by atoms with Gasteiger partial charge in [-0.3, -0.25) is 14.6 Å². The molecule has 0 unspecified atom stereocenters. The molecule has 0 heterocycles. The predicted octanol–water partition coefficient (Wildman–Crippen LogP) is 2.80. The summed E-state index contributed by atoms with van der Waals surface area (Å²) in [7, 11) is 3.51. The van der Waals surface area contributed by atoms with Crippen molar-refractivity contribution in [3.8, 4) is 0 Å². The summed E-state index contributed by atoms with van der Waals surface area (Å²) < 4.78 is 0. The molecule has 7 nitrogen and oxygen atoms in total. The van der Waals surface area contributed by atoms with Crippen molar-refractivity contribution in [1.82, 2.24) is 20.9 Å². The van der Waals surface area contributed by atoms with Crippen molar-refractivity contribution in [2.45, 2.75) is 45.4 Å². The predicted molar refractivity (Wildman–Crippen MR) is 137 cm³/mol. The van der Waals surface area contributed by atoms with E-state index in [1.807, 2.05) is 31.2 Å². The van der Waals surface area contributed by atoms with Crippen LogP contribution in [0.25, 0.3) is 0 Å². The van der Waals surface area contributed by atoms with E-state index in [9.17, 15) is 9.59 Å². The van der Waals surface area contributed by atoms with E-state index in [0.717, 1.165) is 37.3 Å². The second-order valence-corrected chi connectivity index (χ2v) is 7.96. The number of benzene rings is 1. The average Bonchev–Trinajstić information content (AvgIpc) is 2.76. The van der Waals surface area contributed by atoms with E-state index in [4.69, 9.17) is 0 Å². The lowest BCUT2D eigenvalue weighted by molar-refractivity contribution is -0.125. The molecule has 1 fully saturated rings. The molecule has 0 radical (unpaired) electrons. The zero-order valence-electron chi connectivity index (χ0n) is 19.1. The minimum Gasteiger partial charge on any atom is -0.357 e. The van der Waals surface area contributed by atoms with Gasteiger partial charge in [0, 0.05) is 51.8 Å². The molecule has 8 heteroatoms. The monoisotopic (exact) mass is 543 g/mol. The van der Waals surface area contributed by atoms with Crippen molar-refractivity contribution >= 4 is 41.8 Å². The van der Waals surface area contributed by atoms with Crippen LogP contribution in [0.3, 0.4) is 0 Å². The van der Waals surface area contributed by atoms with E-state index in [2.05, 4.69) is 20.9 Å². The fourth-order valence-electron chi connectivity index (χ4n) is 3.63. The average molecular weight is 543 g/mol. The summed E-state index contributed by atoms with van der Waals surface area (Å²) in [5.74, 6) is 1.12. The van der Waals surface area contributed by atoms with Gasteiger partial charge in [0.2, 0.25) is 5.91 Å². The second kappa shape index (κ2) is 15.0. The maximum Gasteiger partial charge on any atom is 0.253 e. The summed E-state index contributed by atoms with van der Waals surface area (Å²) in [4.78, 5) is 30.5. The fraction of sp³-hybridized carbons (Fsp3) is 0.609. The SMILES string of the molecule is CCNC(=NCCc1cccc(C(=O)N(C)C)c1)NCCNC(=O)C1CCCCC1.I. The Hall–Kier alpha value is -1.84. The first kappa shape index (κ1) is 27.2. The number of amides is 2. The molecule has 174 valence electrons. The van der Waals surface area contributed by atoms with Crippen molar-refractivity contribution in [3.63, 3.8) is 0 Å². The van der Waals surface area contributed by atoms with Gasteiger partial charge in [-0.05, 0) is 43.9 Å². The number of aliphatic imine (C=N–C) groups is 1. The van der Waals surface area contributed by atoms with Crippen LogP contribution in [0.4, 0.5) is 0 Å². The Morgan fingerprint density at radius 2 is 1.77 bits per heavy atom. The zero-order chi connectivity index (χ0) is 21.8.